The fourth-order valence-corrected chi connectivity index (χ4v) is 3.50. The monoisotopic (exact) mass is 396 g/mol. The first-order chi connectivity index (χ1) is 12.2. The van der Waals surface area contributed by atoms with Gasteiger partial charge < -0.3 is 5.32 Å². The largest absolute Gasteiger partial charge is 0.325 e. The zero-order chi connectivity index (χ0) is 17.3. The zero-order valence-electron chi connectivity index (χ0n) is 13.5. The molecule has 2 aromatic carbocycles. The van der Waals surface area contributed by atoms with Gasteiger partial charge in [-0.1, -0.05) is 34.5 Å². The normalized spacial score (nSPS) is 15.4. The second kappa shape index (κ2) is 6.44. The molecule has 0 atom stereocenters. The van der Waals surface area contributed by atoms with Gasteiger partial charge in [0, 0.05) is 10.2 Å². The summed E-state index contributed by atoms with van der Waals surface area (Å²) < 4.78 is 2.70. The average Bonchev–Trinajstić information content (AvgIpc) is 3.11. The molecule has 6 heteroatoms. The number of carbonyl (C=O) groups is 1. The molecule has 0 unspecified atom stereocenters. The van der Waals surface area contributed by atoms with Crippen LogP contribution < -0.4 is 5.32 Å². The summed E-state index contributed by atoms with van der Waals surface area (Å²) in [5.74, 6) is 0.0644. The van der Waals surface area contributed by atoms with Gasteiger partial charge in [0.15, 0.2) is 0 Å². The van der Waals surface area contributed by atoms with E-state index in [9.17, 15) is 4.79 Å². The molecule has 1 N–H and O–H groups in total. The van der Waals surface area contributed by atoms with E-state index in [1.807, 2.05) is 48.5 Å². The first kappa shape index (κ1) is 16.0. The summed E-state index contributed by atoms with van der Waals surface area (Å²) in [5, 5.41) is 7.17. The third-order valence-corrected chi connectivity index (χ3v) is 5.38. The summed E-state index contributed by atoms with van der Waals surface area (Å²) in [7, 11) is 0. The van der Waals surface area contributed by atoms with E-state index in [2.05, 4.69) is 31.3 Å². The summed E-state index contributed by atoms with van der Waals surface area (Å²) in [5.41, 5.74) is 2.36. The molecular weight excluding hydrogens is 380 g/mol. The van der Waals surface area contributed by atoms with Gasteiger partial charge in [-0.15, -0.1) is 0 Å². The minimum absolute atomic E-state index is 0.0644. The SMILES string of the molecule is O=C(Nc1ccc(-n2cncn2)cc1)C1(c2ccc(Br)cc2)CCC1. The highest BCUT2D eigenvalue weighted by Gasteiger charge is 2.45. The lowest BCUT2D eigenvalue weighted by Gasteiger charge is -2.40. The number of nitrogens with zero attached hydrogens (tertiary/aromatic N) is 3. The van der Waals surface area contributed by atoms with E-state index in [1.54, 1.807) is 11.0 Å². The van der Waals surface area contributed by atoms with Gasteiger partial charge in [-0.2, -0.15) is 5.10 Å². The molecule has 0 radical (unpaired) electrons. The van der Waals surface area contributed by atoms with Crippen molar-refractivity contribution in [3.05, 3.63) is 71.2 Å². The molecule has 25 heavy (non-hydrogen) atoms. The number of hydrogen-bond donors (Lipinski definition) is 1. The number of amides is 1. The summed E-state index contributed by atoms with van der Waals surface area (Å²) in [6.07, 6.45) is 5.99. The Hall–Kier alpha value is -2.47. The van der Waals surface area contributed by atoms with Gasteiger partial charge in [0.25, 0.3) is 0 Å². The molecule has 126 valence electrons. The molecule has 1 aromatic heterocycles. The Bertz CT molecular complexity index is 869. The highest BCUT2D eigenvalue weighted by atomic mass is 79.9. The van der Waals surface area contributed by atoms with Gasteiger partial charge in [0.05, 0.1) is 11.1 Å². The van der Waals surface area contributed by atoms with Gasteiger partial charge in [-0.25, -0.2) is 9.67 Å². The van der Waals surface area contributed by atoms with Crippen molar-refractivity contribution in [3.63, 3.8) is 0 Å². The maximum absolute atomic E-state index is 13.0. The van der Waals surface area contributed by atoms with Gasteiger partial charge in [0.1, 0.15) is 12.7 Å². The lowest BCUT2D eigenvalue weighted by Crippen LogP contribution is -2.45. The van der Waals surface area contributed by atoms with Gasteiger partial charge in [0.2, 0.25) is 5.91 Å². The van der Waals surface area contributed by atoms with Crippen LogP contribution >= 0.6 is 15.9 Å². The molecule has 0 spiro atoms. The molecule has 1 fully saturated rings. The summed E-state index contributed by atoms with van der Waals surface area (Å²) in [6.45, 7) is 0. The van der Waals surface area contributed by atoms with Crippen LogP contribution in [0.4, 0.5) is 5.69 Å². The molecule has 3 aromatic rings. The van der Waals surface area contributed by atoms with Crippen LogP contribution in [0.25, 0.3) is 5.69 Å². The first-order valence-electron chi connectivity index (χ1n) is 8.20. The first-order valence-corrected chi connectivity index (χ1v) is 8.99. The maximum atomic E-state index is 13.0. The minimum Gasteiger partial charge on any atom is -0.325 e. The van der Waals surface area contributed by atoms with E-state index < -0.39 is 5.41 Å². The van der Waals surface area contributed by atoms with Crippen molar-refractivity contribution in [1.82, 2.24) is 14.8 Å². The van der Waals surface area contributed by atoms with E-state index >= 15 is 0 Å². The van der Waals surface area contributed by atoms with Crippen molar-refractivity contribution < 1.29 is 4.79 Å². The van der Waals surface area contributed by atoms with Gasteiger partial charge in [-0.05, 0) is 54.8 Å². The molecular formula is C19H17BrN4O. The number of hydrogen-bond acceptors (Lipinski definition) is 3. The van der Waals surface area contributed by atoms with Crippen molar-refractivity contribution in [1.29, 1.82) is 0 Å². The van der Waals surface area contributed by atoms with E-state index in [4.69, 9.17) is 0 Å². The van der Waals surface area contributed by atoms with E-state index in [0.29, 0.717) is 0 Å². The lowest BCUT2D eigenvalue weighted by molar-refractivity contribution is -0.124. The topological polar surface area (TPSA) is 59.8 Å². The van der Waals surface area contributed by atoms with Crippen LogP contribution in [-0.4, -0.2) is 20.7 Å². The van der Waals surface area contributed by atoms with Crippen LogP contribution in [0.1, 0.15) is 24.8 Å². The molecule has 5 nitrogen and oxygen atoms in total. The molecule has 4 rings (SSSR count). The molecule has 0 saturated heterocycles. The van der Waals surface area contributed by atoms with Crippen molar-refractivity contribution in [2.75, 3.05) is 5.32 Å². The average molecular weight is 397 g/mol. The molecule has 0 bridgehead atoms. The number of aromatic nitrogens is 3. The van der Waals surface area contributed by atoms with Gasteiger partial charge in [-0.3, -0.25) is 4.79 Å². The third-order valence-electron chi connectivity index (χ3n) is 4.85. The molecule has 1 aliphatic carbocycles. The van der Waals surface area contributed by atoms with Crippen molar-refractivity contribution in [2.24, 2.45) is 0 Å². The van der Waals surface area contributed by atoms with Crippen molar-refractivity contribution in [2.45, 2.75) is 24.7 Å². The number of anilines is 1. The Balaban J connectivity index is 1.53. The Labute approximate surface area is 154 Å². The van der Waals surface area contributed by atoms with Crippen molar-refractivity contribution >= 4 is 27.5 Å². The lowest BCUT2D eigenvalue weighted by atomic mass is 9.64. The van der Waals surface area contributed by atoms with E-state index in [1.165, 1.54) is 6.33 Å². The third kappa shape index (κ3) is 2.98. The van der Waals surface area contributed by atoms with E-state index in [-0.39, 0.29) is 5.91 Å². The number of rotatable bonds is 4. The fraction of sp³-hybridized carbons (Fsp3) is 0.211. The number of carbonyl (C=O) groups excluding carboxylic acids is 1. The number of benzene rings is 2. The predicted octanol–water partition coefficient (Wildman–Crippen LogP) is 4.09. The highest BCUT2D eigenvalue weighted by molar-refractivity contribution is 9.10. The summed E-state index contributed by atoms with van der Waals surface area (Å²) in [6, 6.07) is 15.7. The summed E-state index contributed by atoms with van der Waals surface area (Å²) in [4.78, 5) is 16.9. The Kier molecular flexibility index (Phi) is 4.13. The molecule has 0 aliphatic heterocycles. The molecule has 1 aliphatic rings. The Morgan fingerprint density at radius 2 is 1.80 bits per heavy atom. The maximum Gasteiger partial charge on any atom is 0.235 e. The van der Waals surface area contributed by atoms with Crippen LogP contribution in [-0.2, 0) is 10.2 Å². The molecule has 1 amide bonds. The standard InChI is InChI=1S/C19H17BrN4O/c20-15-4-2-14(3-5-15)19(10-1-11-19)18(25)23-16-6-8-17(9-7-16)24-13-21-12-22-24/h2-9,12-13H,1,10-11H2,(H,23,25). The van der Waals surface area contributed by atoms with Crippen LogP contribution in [0.15, 0.2) is 65.7 Å². The van der Waals surface area contributed by atoms with Crippen LogP contribution in [0.2, 0.25) is 0 Å². The highest BCUT2D eigenvalue weighted by Crippen LogP contribution is 2.44. The van der Waals surface area contributed by atoms with E-state index in [0.717, 1.165) is 40.7 Å². The fourth-order valence-electron chi connectivity index (χ4n) is 3.24. The second-order valence-electron chi connectivity index (χ2n) is 6.28. The number of nitrogens with one attached hydrogen (secondary N) is 1. The Morgan fingerprint density at radius 1 is 1.08 bits per heavy atom. The molecule has 1 saturated carbocycles. The number of halogens is 1. The van der Waals surface area contributed by atoms with Crippen LogP contribution in [0.5, 0.6) is 0 Å². The second-order valence-corrected chi connectivity index (χ2v) is 7.20. The van der Waals surface area contributed by atoms with Crippen molar-refractivity contribution in [3.8, 4) is 5.69 Å². The Morgan fingerprint density at radius 3 is 2.36 bits per heavy atom. The van der Waals surface area contributed by atoms with Crippen LogP contribution in [0, 0.1) is 0 Å². The summed E-state index contributed by atoms with van der Waals surface area (Å²) >= 11 is 3.45. The molecule has 1 heterocycles. The quantitative estimate of drug-likeness (QED) is 0.722. The van der Waals surface area contributed by atoms with Gasteiger partial charge >= 0.3 is 0 Å². The smallest absolute Gasteiger partial charge is 0.235 e. The zero-order valence-corrected chi connectivity index (χ0v) is 15.1. The minimum atomic E-state index is -0.411. The van der Waals surface area contributed by atoms with Crippen LogP contribution in [0.3, 0.4) is 0 Å². The predicted molar refractivity (Wildman–Crippen MR) is 99.7 cm³/mol.